The normalized spacial score (nSPS) is 11.6. The molecule has 4 nitrogen and oxygen atoms in total. The first-order valence-corrected chi connectivity index (χ1v) is 7.86. The van der Waals surface area contributed by atoms with Gasteiger partial charge in [0.25, 0.3) is 0 Å². The molecule has 1 aromatic carbocycles. The number of halogens is 1. The summed E-state index contributed by atoms with van der Waals surface area (Å²) in [7, 11) is 0. The van der Waals surface area contributed by atoms with Gasteiger partial charge in [0.05, 0.1) is 5.52 Å². The van der Waals surface area contributed by atoms with Crippen molar-refractivity contribution in [2.24, 2.45) is 0 Å². The van der Waals surface area contributed by atoms with E-state index in [2.05, 4.69) is 61.7 Å². The highest BCUT2D eigenvalue weighted by Crippen LogP contribution is 2.32. The third kappa shape index (κ3) is 2.16. The molecule has 0 bridgehead atoms. The predicted octanol–water partition coefficient (Wildman–Crippen LogP) is 4.51. The Kier molecular flexibility index (Phi) is 3.60. The molecule has 0 amide bonds. The molecule has 0 aliphatic rings. The Labute approximate surface area is 130 Å². The summed E-state index contributed by atoms with van der Waals surface area (Å²) >= 11 is 8.80. The van der Waals surface area contributed by atoms with Gasteiger partial charge < -0.3 is 4.57 Å². The van der Waals surface area contributed by atoms with E-state index >= 15 is 0 Å². The number of rotatable bonds is 3. The molecule has 0 aliphatic heterocycles. The lowest BCUT2D eigenvalue weighted by atomic mass is 10.2. The molecule has 2 aromatic heterocycles. The SMILES string of the molecule is CCCCn1c2nc(=S)[nH]nc2c2cc(C)cc(Br)c21. The zero-order chi connectivity index (χ0) is 14.3. The van der Waals surface area contributed by atoms with E-state index in [1.165, 1.54) is 5.56 Å². The second-order valence-corrected chi connectivity index (χ2v) is 6.20. The summed E-state index contributed by atoms with van der Waals surface area (Å²) in [5.74, 6) is 0. The van der Waals surface area contributed by atoms with Crippen molar-refractivity contribution in [2.45, 2.75) is 33.2 Å². The summed E-state index contributed by atoms with van der Waals surface area (Å²) < 4.78 is 3.72. The third-order valence-electron chi connectivity index (χ3n) is 3.41. The second-order valence-electron chi connectivity index (χ2n) is 4.96. The quantitative estimate of drug-likeness (QED) is 0.706. The van der Waals surface area contributed by atoms with Gasteiger partial charge in [-0.15, -0.1) is 0 Å². The number of fused-ring (bicyclic) bond motifs is 3. The second kappa shape index (κ2) is 5.26. The fourth-order valence-electron chi connectivity index (χ4n) is 2.53. The first-order valence-electron chi connectivity index (χ1n) is 6.66. The Bertz CT molecular complexity index is 850. The molecule has 0 radical (unpaired) electrons. The summed E-state index contributed by atoms with van der Waals surface area (Å²) in [5.41, 5.74) is 4.09. The van der Waals surface area contributed by atoms with Crippen molar-refractivity contribution in [3.8, 4) is 0 Å². The molecule has 6 heteroatoms. The van der Waals surface area contributed by atoms with Gasteiger partial charge in [-0.25, -0.2) is 0 Å². The number of aromatic amines is 1. The highest BCUT2D eigenvalue weighted by molar-refractivity contribution is 9.10. The molecule has 0 aliphatic carbocycles. The minimum Gasteiger partial charge on any atom is -0.323 e. The van der Waals surface area contributed by atoms with Crippen molar-refractivity contribution in [1.82, 2.24) is 19.7 Å². The van der Waals surface area contributed by atoms with Crippen LogP contribution in [0, 0.1) is 11.7 Å². The molecule has 0 spiro atoms. The van der Waals surface area contributed by atoms with Crippen LogP contribution in [0.2, 0.25) is 0 Å². The maximum atomic E-state index is 5.12. The zero-order valence-electron chi connectivity index (χ0n) is 11.4. The van der Waals surface area contributed by atoms with Crippen molar-refractivity contribution < 1.29 is 0 Å². The maximum Gasteiger partial charge on any atom is 0.215 e. The summed E-state index contributed by atoms with van der Waals surface area (Å²) in [4.78, 5) is 4.48. The number of H-pyrrole nitrogens is 1. The molecular weight excluding hydrogens is 336 g/mol. The summed E-state index contributed by atoms with van der Waals surface area (Å²) in [6.07, 6.45) is 2.24. The van der Waals surface area contributed by atoms with Crippen LogP contribution in [-0.2, 0) is 6.54 Å². The van der Waals surface area contributed by atoms with Crippen molar-refractivity contribution in [3.05, 3.63) is 26.9 Å². The number of nitrogens with one attached hydrogen (secondary N) is 1. The fraction of sp³-hybridized carbons (Fsp3) is 0.357. The first kappa shape index (κ1) is 13.7. The molecule has 2 heterocycles. The number of benzene rings is 1. The molecule has 0 saturated carbocycles. The van der Waals surface area contributed by atoms with E-state index in [0.717, 1.165) is 45.9 Å². The Morgan fingerprint density at radius 3 is 2.95 bits per heavy atom. The first-order chi connectivity index (χ1) is 9.61. The zero-order valence-corrected chi connectivity index (χ0v) is 13.8. The van der Waals surface area contributed by atoms with Gasteiger partial charge in [0.2, 0.25) is 4.77 Å². The highest BCUT2D eigenvalue weighted by atomic mass is 79.9. The summed E-state index contributed by atoms with van der Waals surface area (Å²) in [6.45, 7) is 5.19. The van der Waals surface area contributed by atoms with Gasteiger partial charge in [-0.05, 0) is 59.2 Å². The van der Waals surface area contributed by atoms with E-state index in [9.17, 15) is 0 Å². The van der Waals surface area contributed by atoms with E-state index in [4.69, 9.17) is 12.2 Å². The van der Waals surface area contributed by atoms with Crippen LogP contribution < -0.4 is 0 Å². The Morgan fingerprint density at radius 2 is 2.20 bits per heavy atom. The Balaban J connectivity index is 2.46. The molecule has 20 heavy (non-hydrogen) atoms. The average molecular weight is 351 g/mol. The fourth-order valence-corrected chi connectivity index (χ4v) is 3.45. The van der Waals surface area contributed by atoms with Crippen LogP contribution in [0.25, 0.3) is 22.1 Å². The van der Waals surface area contributed by atoms with Gasteiger partial charge in [-0.2, -0.15) is 10.1 Å². The van der Waals surface area contributed by atoms with Crippen LogP contribution in [0.1, 0.15) is 25.3 Å². The summed E-state index contributed by atoms with van der Waals surface area (Å²) in [6, 6.07) is 4.28. The largest absolute Gasteiger partial charge is 0.323 e. The molecule has 0 atom stereocenters. The van der Waals surface area contributed by atoms with Crippen molar-refractivity contribution >= 4 is 50.2 Å². The molecule has 0 unspecified atom stereocenters. The molecule has 0 saturated heterocycles. The molecule has 3 aromatic rings. The van der Waals surface area contributed by atoms with Crippen LogP contribution in [-0.4, -0.2) is 19.7 Å². The van der Waals surface area contributed by atoms with Crippen LogP contribution in [0.4, 0.5) is 0 Å². The Morgan fingerprint density at radius 1 is 1.40 bits per heavy atom. The number of aryl methyl sites for hydroxylation is 2. The number of hydrogen-bond acceptors (Lipinski definition) is 3. The van der Waals surface area contributed by atoms with Gasteiger partial charge in [0.15, 0.2) is 5.65 Å². The van der Waals surface area contributed by atoms with Crippen LogP contribution in [0.3, 0.4) is 0 Å². The third-order valence-corrected chi connectivity index (χ3v) is 4.19. The topological polar surface area (TPSA) is 46.5 Å². The van der Waals surface area contributed by atoms with E-state index in [1.807, 2.05) is 0 Å². The minimum absolute atomic E-state index is 0.422. The Hall–Kier alpha value is -1.27. The smallest absolute Gasteiger partial charge is 0.215 e. The van der Waals surface area contributed by atoms with Crippen LogP contribution in [0.5, 0.6) is 0 Å². The van der Waals surface area contributed by atoms with Crippen LogP contribution >= 0.6 is 28.1 Å². The van der Waals surface area contributed by atoms with Gasteiger partial charge in [-0.1, -0.05) is 13.3 Å². The monoisotopic (exact) mass is 350 g/mol. The molecule has 104 valence electrons. The van der Waals surface area contributed by atoms with Crippen molar-refractivity contribution in [3.63, 3.8) is 0 Å². The van der Waals surface area contributed by atoms with Gasteiger partial charge >= 0.3 is 0 Å². The number of hydrogen-bond donors (Lipinski definition) is 1. The number of aromatic nitrogens is 4. The summed E-state index contributed by atoms with van der Waals surface area (Å²) in [5, 5.41) is 8.30. The molecule has 0 fully saturated rings. The number of unbranched alkanes of at least 4 members (excludes halogenated alkanes) is 1. The lowest BCUT2D eigenvalue weighted by molar-refractivity contribution is 0.659. The van der Waals surface area contributed by atoms with Gasteiger partial charge in [0, 0.05) is 16.4 Å². The van der Waals surface area contributed by atoms with Crippen molar-refractivity contribution in [2.75, 3.05) is 0 Å². The van der Waals surface area contributed by atoms with E-state index in [0.29, 0.717) is 4.77 Å². The molecular formula is C14H15BrN4S. The van der Waals surface area contributed by atoms with E-state index < -0.39 is 0 Å². The van der Waals surface area contributed by atoms with Crippen molar-refractivity contribution in [1.29, 1.82) is 0 Å². The highest BCUT2D eigenvalue weighted by Gasteiger charge is 2.15. The number of nitrogens with zero attached hydrogens (tertiary/aromatic N) is 3. The van der Waals surface area contributed by atoms with E-state index in [-0.39, 0.29) is 0 Å². The average Bonchev–Trinajstić information content (AvgIpc) is 2.70. The maximum absolute atomic E-state index is 5.12. The predicted molar refractivity (Wildman–Crippen MR) is 87.6 cm³/mol. The standard InChI is InChI=1S/C14H15BrN4S/c1-3-4-5-19-12-9(6-8(2)7-10(12)15)11-13(19)16-14(20)18-17-11/h6-7H,3-5H2,1-2H3,(H,16,18,20). The lowest BCUT2D eigenvalue weighted by Gasteiger charge is -2.07. The lowest BCUT2D eigenvalue weighted by Crippen LogP contribution is -2.00. The minimum atomic E-state index is 0.422. The van der Waals surface area contributed by atoms with Gasteiger partial charge in [0.1, 0.15) is 5.52 Å². The molecule has 1 N–H and O–H groups in total. The molecule has 3 rings (SSSR count). The van der Waals surface area contributed by atoms with Crippen LogP contribution in [0.15, 0.2) is 16.6 Å². The van der Waals surface area contributed by atoms with Gasteiger partial charge in [-0.3, -0.25) is 5.10 Å². The van der Waals surface area contributed by atoms with E-state index in [1.54, 1.807) is 0 Å².